The van der Waals surface area contributed by atoms with Crippen LogP contribution in [-0.2, 0) is 0 Å². The summed E-state index contributed by atoms with van der Waals surface area (Å²) in [5.41, 5.74) is 9.76. The van der Waals surface area contributed by atoms with Gasteiger partial charge in [-0.25, -0.2) is 0 Å². The minimum Gasteiger partial charge on any atom is -0.497 e. The number of anilines is 1. The molecule has 2 N–H and O–H groups in total. The highest BCUT2D eigenvalue weighted by Crippen LogP contribution is 2.24. The molecule has 104 valence electrons. The Morgan fingerprint density at radius 3 is 2.62 bits per heavy atom. The SMILES string of the molecule is COc1ccc2nccc(/C=C\c3ccccc3N)c2c1. The van der Waals surface area contributed by atoms with Gasteiger partial charge in [0.05, 0.1) is 12.6 Å². The van der Waals surface area contributed by atoms with Gasteiger partial charge in [0, 0.05) is 17.3 Å². The zero-order valence-electron chi connectivity index (χ0n) is 11.8. The molecule has 0 atom stereocenters. The van der Waals surface area contributed by atoms with Crippen molar-refractivity contribution in [3.63, 3.8) is 0 Å². The second-order valence-electron chi connectivity index (χ2n) is 4.75. The number of para-hydroxylation sites is 1. The summed E-state index contributed by atoms with van der Waals surface area (Å²) in [5, 5.41) is 1.06. The van der Waals surface area contributed by atoms with E-state index >= 15 is 0 Å². The standard InChI is InChI=1S/C18H16N2O/c1-21-15-8-9-18-16(12-15)13(10-11-20-18)6-7-14-4-2-3-5-17(14)19/h2-12H,19H2,1H3/b7-6-. The predicted molar refractivity (Wildman–Crippen MR) is 88.1 cm³/mol. The Labute approximate surface area is 123 Å². The first-order valence-corrected chi connectivity index (χ1v) is 6.73. The summed E-state index contributed by atoms with van der Waals surface area (Å²) >= 11 is 0. The summed E-state index contributed by atoms with van der Waals surface area (Å²) in [6.45, 7) is 0. The van der Waals surface area contributed by atoms with Gasteiger partial charge < -0.3 is 10.5 Å². The molecule has 0 spiro atoms. The van der Waals surface area contributed by atoms with Gasteiger partial charge in [-0.3, -0.25) is 4.98 Å². The molecule has 21 heavy (non-hydrogen) atoms. The largest absolute Gasteiger partial charge is 0.497 e. The molecular weight excluding hydrogens is 260 g/mol. The number of methoxy groups -OCH3 is 1. The summed E-state index contributed by atoms with van der Waals surface area (Å²) in [6.07, 6.45) is 5.88. The molecule has 0 aliphatic rings. The Hall–Kier alpha value is -2.81. The third-order valence-electron chi connectivity index (χ3n) is 3.42. The fourth-order valence-corrected chi connectivity index (χ4v) is 2.26. The van der Waals surface area contributed by atoms with E-state index in [1.54, 1.807) is 7.11 Å². The van der Waals surface area contributed by atoms with Crippen molar-refractivity contribution in [3.8, 4) is 5.75 Å². The first-order valence-electron chi connectivity index (χ1n) is 6.73. The molecule has 0 saturated heterocycles. The molecule has 0 amide bonds. The molecule has 3 nitrogen and oxygen atoms in total. The first kappa shape index (κ1) is 13.2. The van der Waals surface area contributed by atoms with Crippen LogP contribution in [0.5, 0.6) is 5.75 Å². The summed E-state index contributed by atoms with van der Waals surface area (Å²) < 4.78 is 5.29. The lowest BCUT2D eigenvalue weighted by molar-refractivity contribution is 0.415. The Bertz CT molecular complexity index is 809. The van der Waals surface area contributed by atoms with Crippen LogP contribution in [0.3, 0.4) is 0 Å². The van der Waals surface area contributed by atoms with Gasteiger partial charge in [-0.2, -0.15) is 0 Å². The van der Waals surface area contributed by atoms with Gasteiger partial charge in [-0.15, -0.1) is 0 Å². The van der Waals surface area contributed by atoms with Crippen LogP contribution in [0.25, 0.3) is 23.1 Å². The van der Waals surface area contributed by atoms with E-state index < -0.39 is 0 Å². The molecule has 0 unspecified atom stereocenters. The highest BCUT2D eigenvalue weighted by Gasteiger charge is 2.02. The van der Waals surface area contributed by atoms with Crippen LogP contribution in [0.2, 0.25) is 0 Å². The number of nitrogens with zero attached hydrogens (tertiary/aromatic N) is 1. The smallest absolute Gasteiger partial charge is 0.119 e. The van der Waals surface area contributed by atoms with Crippen molar-refractivity contribution in [2.45, 2.75) is 0 Å². The number of rotatable bonds is 3. The molecule has 3 rings (SSSR count). The van der Waals surface area contributed by atoms with Crippen LogP contribution in [0, 0.1) is 0 Å². The highest BCUT2D eigenvalue weighted by atomic mass is 16.5. The van der Waals surface area contributed by atoms with Crippen LogP contribution < -0.4 is 10.5 Å². The van der Waals surface area contributed by atoms with E-state index in [-0.39, 0.29) is 0 Å². The van der Waals surface area contributed by atoms with Gasteiger partial charge in [0.25, 0.3) is 0 Å². The van der Waals surface area contributed by atoms with Crippen molar-refractivity contribution in [2.75, 3.05) is 12.8 Å². The molecule has 1 aromatic heterocycles. The maximum Gasteiger partial charge on any atom is 0.119 e. The van der Waals surface area contributed by atoms with Gasteiger partial charge in [-0.05, 0) is 41.5 Å². The Morgan fingerprint density at radius 1 is 1.00 bits per heavy atom. The minimum absolute atomic E-state index is 0.768. The predicted octanol–water partition coefficient (Wildman–Crippen LogP) is 4.00. The number of benzene rings is 2. The van der Waals surface area contributed by atoms with Gasteiger partial charge >= 0.3 is 0 Å². The lowest BCUT2D eigenvalue weighted by Gasteiger charge is -2.05. The maximum absolute atomic E-state index is 5.96. The molecule has 3 aromatic rings. The Morgan fingerprint density at radius 2 is 1.81 bits per heavy atom. The van der Waals surface area contributed by atoms with Crippen LogP contribution in [0.1, 0.15) is 11.1 Å². The van der Waals surface area contributed by atoms with Crippen LogP contribution in [0.15, 0.2) is 54.7 Å². The van der Waals surface area contributed by atoms with Crippen LogP contribution >= 0.6 is 0 Å². The molecule has 0 aliphatic heterocycles. The number of hydrogen-bond donors (Lipinski definition) is 1. The zero-order valence-corrected chi connectivity index (χ0v) is 11.8. The van der Waals surface area contributed by atoms with Gasteiger partial charge in [-0.1, -0.05) is 30.4 Å². The lowest BCUT2D eigenvalue weighted by Crippen LogP contribution is -1.88. The molecule has 1 heterocycles. The van der Waals surface area contributed by atoms with E-state index in [0.717, 1.165) is 33.5 Å². The number of nitrogen functional groups attached to an aromatic ring is 1. The van der Waals surface area contributed by atoms with E-state index in [1.807, 2.05) is 60.8 Å². The number of pyridine rings is 1. The maximum atomic E-state index is 5.96. The number of nitrogens with two attached hydrogens (primary N) is 1. The molecule has 0 bridgehead atoms. The summed E-state index contributed by atoms with van der Waals surface area (Å²) in [7, 11) is 1.66. The van der Waals surface area contributed by atoms with E-state index in [2.05, 4.69) is 11.1 Å². The Kier molecular flexibility index (Phi) is 3.56. The summed E-state index contributed by atoms with van der Waals surface area (Å²) in [5.74, 6) is 0.823. The van der Waals surface area contributed by atoms with Crippen molar-refractivity contribution in [1.82, 2.24) is 4.98 Å². The second kappa shape index (κ2) is 5.67. The average Bonchev–Trinajstić information content (AvgIpc) is 2.53. The molecule has 3 heteroatoms. The summed E-state index contributed by atoms with van der Waals surface area (Å²) in [6, 6.07) is 15.7. The molecule has 2 aromatic carbocycles. The monoisotopic (exact) mass is 276 g/mol. The molecule has 0 aliphatic carbocycles. The minimum atomic E-state index is 0.768. The highest BCUT2D eigenvalue weighted by molar-refractivity contribution is 5.91. The normalized spacial score (nSPS) is 11.1. The van der Waals surface area contributed by atoms with E-state index in [0.29, 0.717) is 0 Å². The fraction of sp³-hybridized carbons (Fsp3) is 0.0556. The molecule has 0 radical (unpaired) electrons. The lowest BCUT2D eigenvalue weighted by atomic mass is 10.1. The van der Waals surface area contributed by atoms with Crippen LogP contribution in [-0.4, -0.2) is 12.1 Å². The fourth-order valence-electron chi connectivity index (χ4n) is 2.26. The third-order valence-corrected chi connectivity index (χ3v) is 3.42. The van der Waals surface area contributed by atoms with Crippen molar-refractivity contribution in [1.29, 1.82) is 0 Å². The van der Waals surface area contributed by atoms with Crippen molar-refractivity contribution >= 4 is 28.7 Å². The van der Waals surface area contributed by atoms with Gasteiger partial charge in [0.15, 0.2) is 0 Å². The van der Waals surface area contributed by atoms with Crippen LogP contribution in [0.4, 0.5) is 5.69 Å². The quantitative estimate of drug-likeness (QED) is 0.736. The zero-order chi connectivity index (χ0) is 14.7. The van der Waals surface area contributed by atoms with E-state index in [4.69, 9.17) is 10.5 Å². The number of hydrogen-bond acceptors (Lipinski definition) is 3. The Balaban J connectivity index is 2.06. The van der Waals surface area contributed by atoms with Crippen molar-refractivity contribution in [2.24, 2.45) is 0 Å². The molecule has 0 saturated carbocycles. The summed E-state index contributed by atoms with van der Waals surface area (Å²) in [4.78, 5) is 4.38. The third kappa shape index (κ3) is 2.72. The number of aromatic nitrogens is 1. The molecule has 0 fully saturated rings. The van der Waals surface area contributed by atoms with E-state index in [9.17, 15) is 0 Å². The van der Waals surface area contributed by atoms with Crippen molar-refractivity contribution in [3.05, 3.63) is 65.9 Å². The van der Waals surface area contributed by atoms with Gasteiger partial charge in [0.1, 0.15) is 5.75 Å². The number of fused-ring (bicyclic) bond motifs is 1. The number of ether oxygens (including phenoxy) is 1. The topological polar surface area (TPSA) is 48.1 Å². The first-order chi connectivity index (χ1) is 10.3. The second-order valence-corrected chi connectivity index (χ2v) is 4.75. The molecular formula is C18H16N2O. The van der Waals surface area contributed by atoms with Gasteiger partial charge in [0.2, 0.25) is 0 Å². The average molecular weight is 276 g/mol. The van der Waals surface area contributed by atoms with Crippen molar-refractivity contribution < 1.29 is 4.74 Å². The van der Waals surface area contributed by atoms with E-state index in [1.165, 1.54) is 0 Å².